The van der Waals surface area contributed by atoms with Crippen molar-refractivity contribution in [3.63, 3.8) is 0 Å². The van der Waals surface area contributed by atoms with E-state index in [1.165, 1.54) is 0 Å². The molecule has 1 spiro atoms. The molecule has 2 aliphatic heterocycles. The van der Waals surface area contributed by atoms with E-state index in [0.717, 1.165) is 81.5 Å². The van der Waals surface area contributed by atoms with Crippen LogP contribution in [0, 0.1) is 5.92 Å². The van der Waals surface area contributed by atoms with Gasteiger partial charge in [0, 0.05) is 44.1 Å². The van der Waals surface area contributed by atoms with Crippen molar-refractivity contribution in [3.05, 3.63) is 60.2 Å². The molecule has 2 saturated heterocycles. The average molecular weight is 489 g/mol. The molecule has 0 bridgehead atoms. The van der Waals surface area contributed by atoms with E-state index in [0.29, 0.717) is 17.6 Å². The summed E-state index contributed by atoms with van der Waals surface area (Å²) in [6.07, 6.45) is 9.75. The minimum absolute atomic E-state index is 0.162. The minimum Gasteiger partial charge on any atom is -0.497 e. The summed E-state index contributed by atoms with van der Waals surface area (Å²) in [4.78, 5) is 24.3. The van der Waals surface area contributed by atoms with E-state index < -0.39 is 0 Å². The molecule has 1 unspecified atom stereocenters. The topological polar surface area (TPSA) is 90.6 Å². The van der Waals surface area contributed by atoms with Crippen LogP contribution in [-0.2, 0) is 21.4 Å². The highest BCUT2D eigenvalue weighted by atomic mass is 16.5. The molecule has 1 amide bonds. The number of pyridine rings is 1. The number of carbonyl (C=O) groups excluding carboxylic acids is 1. The third-order valence-electron chi connectivity index (χ3n) is 8.23. The fraction of sp³-hybridized carbons (Fsp3) is 0.500. The molecule has 1 saturated carbocycles. The Morgan fingerprint density at radius 3 is 2.53 bits per heavy atom. The number of ether oxygens (including phenoxy) is 2. The van der Waals surface area contributed by atoms with Crippen molar-refractivity contribution in [1.29, 1.82) is 0 Å². The van der Waals surface area contributed by atoms with Crippen LogP contribution in [0.4, 0.5) is 0 Å². The summed E-state index contributed by atoms with van der Waals surface area (Å²) in [6, 6.07) is 11.8. The van der Waals surface area contributed by atoms with Gasteiger partial charge in [0.1, 0.15) is 5.75 Å². The second-order valence-electron chi connectivity index (χ2n) is 10.4. The van der Waals surface area contributed by atoms with Gasteiger partial charge in [0.15, 0.2) is 0 Å². The van der Waals surface area contributed by atoms with Crippen LogP contribution >= 0.6 is 0 Å². The van der Waals surface area contributed by atoms with E-state index in [-0.39, 0.29) is 16.9 Å². The van der Waals surface area contributed by atoms with Gasteiger partial charge in [-0.2, -0.15) is 4.98 Å². The van der Waals surface area contributed by atoms with E-state index in [2.05, 4.69) is 20.0 Å². The molecule has 1 aliphatic carbocycles. The van der Waals surface area contributed by atoms with Crippen molar-refractivity contribution in [2.45, 2.75) is 56.0 Å². The molecule has 0 radical (unpaired) electrons. The molecular formula is C28H32N4O4. The van der Waals surface area contributed by atoms with E-state index in [1.54, 1.807) is 19.5 Å². The Balaban J connectivity index is 1.07. The zero-order chi connectivity index (χ0) is 24.6. The number of nitrogens with zero attached hydrogens (tertiary/aromatic N) is 4. The second kappa shape index (κ2) is 9.32. The molecule has 6 rings (SSSR count). The van der Waals surface area contributed by atoms with Gasteiger partial charge in [-0.3, -0.25) is 9.78 Å². The van der Waals surface area contributed by atoms with Crippen LogP contribution in [0.15, 0.2) is 53.3 Å². The van der Waals surface area contributed by atoms with Crippen LogP contribution in [0.2, 0.25) is 0 Å². The van der Waals surface area contributed by atoms with E-state index in [1.807, 2.05) is 36.4 Å². The Bertz CT molecular complexity index is 1200. The maximum absolute atomic E-state index is 13.6. The van der Waals surface area contributed by atoms with Gasteiger partial charge in [-0.25, -0.2) is 0 Å². The van der Waals surface area contributed by atoms with E-state index in [4.69, 9.17) is 14.0 Å². The number of benzene rings is 1. The number of hydrogen-bond donors (Lipinski definition) is 0. The summed E-state index contributed by atoms with van der Waals surface area (Å²) >= 11 is 0. The van der Waals surface area contributed by atoms with Crippen LogP contribution in [0.5, 0.6) is 5.75 Å². The van der Waals surface area contributed by atoms with Crippen LogP contribution in [0.1, 0.15) is 50.0 Å². The van der Waals surface area contributed by atoms with Gasteiger partial charge in [0.25, 0.3) is 0 Å². The number of hydrogen-bond acceptors (Lipinski definition) is 7. The zero-order valence-corrected chi connectivity index (χ0v) is 20.7. The number of amides is 1. The minimum atomic E-state index is -0.350. The van der Waals surface area contributed by atoms with Gasteiger partial charge in [0.2, 0.25) is 17.6 Å². The molecule has 8 nitrogen and oxygen atoms in total. The lowest BCUT2D eigenvalue weighted by molar-refractivity contribution is -0.149. The smallest absolute Gasteiger partial charge is 0.233 e. The third kappa shape index (κ3) is 4.39. The first kappa shape index (κ1) is 23.2. The predicted molar refractivity (Wildman–Crippen MR) is 132 cm³/mol. The molecule has 36 heavy (non-hydrogen) atoms. The van der Waals surface area contributed by atoms with Gasteiger partial charge in [-0.15, -0.1) is 0 Å². The normalized spacial score (nSPS) is 22.4. The SMILES string of the molecule is COc1ccc(C2(C(=O)N3CCC4(CC3)CC(Cc3nc(-c5ccncc5)no3)CCO4)CC2)cc1. The maximum atomic E-state index is 13.6. The molecule has 1 atom stereocenters. The maximum Gasteiger partial charge on any atom is 0.233 e. The Hall–Kier alpha value is -3.26. The zero-order valence-electron chi connectivity index (χ0n) is 20.7. The Labute approximate surface area is 211 Å². The number of carbonyl (C=O) groups is 1. The summed E-state index contributed by atoms with van der Waals surface area (Å²) in [5.74, 6) is 2.80. The molecule has 1 aromatic carbocycles. The Morgan fingerprint density at radius 1 is 1.08 bits per heavy atom. The molecule has 188 valence electrons. The summed E-state index contributed by atoms with van der Waals surface area (Å²) in [7, 11) is 1.66. The van der Waals surface area contributed by atoms with Crippen molar-refractivity contribution in [1.82, 2.24) is 20.0 Å². The van der Waals surface area contributed by atoms with Gasteiger partial charge in [-0.05, 0) is 74.3 Å². The van der Waals surface area contributed by atoms with Crippen LogP contribution in [-0.4, -0.2) is 58.3 Å². The largest absolute Gasteiger partial charge is 0.497 e. The fourth-order valence-corrected chi connectivity index (χ4v) is 5.94. The lowest BCUT2D eigenvalue weighted by atomic mass is 9.78. The first-order valence-corrected chi connectivity index (χ1v) is 12.9. The van der Waals surface area contributed by atoms with Crippen molar-refractivity contribution in [2.75, 3.05) is 26.8 Å². The number of aromatic nitrogens is 3. The van der Waals surface area contributed by atoms with Gasteiger partial charge in [-0.1, -0.05) is 17.3 Å². The molecule has 0 N–H and O–H groups in total. The number of rotatable bonds is 6. The molecule has 2 aromatic heterocycles. The number of piperidine rings is 1. The second-order valence-corrected chi connectivity index (χ2v) is 10.4. The summed E-state index contributed by atoms with van der Waals surface area (Å²) in [5, 5.41) is 4.15. The highest BCUT2D eigenvalue weighted by Gasteiger charge is 2.54. The molecule has 3 aromatic rings. The lowest BCUT2D eigenvalue weighted by Gasteiger charge is -2.46. The number of likely N-dealkylation sites (tertiary alicyclic amines) is 1. The van der Waals surface area contributed by atoms with Crippen LogP contribution < -0.4 is 4.74 Å². The Morgan fingerprint density at radius 2 is 1.83 bits per heavy atom. The summed E-state index contributed by atoms with van der Waals surface area (Å²) in [5.41, 5.74) is 1.50. The van der Waals surface area contributed by atoms with E-state index >= 15 is 0 Å². The van der Waals surface area contributed by atoms with Crippen molar-refractivity contribution in [3.8, 4) is 17.1 Å². The lowest BCUT2D eigenvalue weighted by Crippen LogP contribution is -2.52. The van der Waals surface area contributed by atoms with E-state index in [9.17, 15) is 4.79 Å². The van der Waals surface area contributed by atoms with Gasteiger partial charge < -0.3 is 18.9 Å². The monoisotopic (exact) mass is 488 g/mol. The highest BCUT2D eigenvalue weighted by molar-refractivity contribution is 5.91. The standard InChI is InChI=1S/C28H32N4O4/c1-34-23-4-2-22(3-5-23)28(9-10-28)26(33)32-15-11-27(12-16-32)19-20(8-17-35-27)18-24-30-25(31-36-24)21-6-13-29-14-7-21/h2-7,13-14,20H,8-12,15-19H2,1H3. The molecular weight excluding hydrogens is 456 g/mol. The van der Waals surface area contributed by atoms with Gasteiger partial charge in [0.05, 0.1) is 18.1 Å². The first-order valence-electron chi connectivity index (χ1n) is 12.9. The Kier molecular flexibility index (Phi) is 5.99. The first-order chi connectivity index (χ1) is 17.6. The number of methoxy groups -OCH3 is 1. The predicted octanol–water partition coefficient (Wildman–Crippen LogP) is 4.20. The quantitative estimate of drug-likeness (QED) is 0.514. The van der Waals surface area contributed by atoms with Crippen molar-refractivity contribution < 1.29 is 18.8 Å². The summed E-state index contributed by atoms with van der Waals surface area (Å²) < 4.78 is 17.2. The highest BCUT2D eigenvalue weighted by Crippen LogP contribution is 2.51. The fourth-order valence-electron chi connectivity index (χ4n) is 5.94. The molecule has 3 aliphatic rings. The van der Waals surface area contributed by atoms with Crippen molar-refractivity contribution >= 4 is 5.91 Å². The van der Waals surface area contributed by atoms with Crippen LogP contribution in [0.3, 0.4) is 0 Å². The molecule has 3 fully saturated rings. The van der Waals surface area contributed by atoms with Gasteiger partial charge >= 0.3 is 0 Å². The van der Waals surface area contributed by atoms with Crippen LogP contribution in [0.25, 0.3) is 11.4 Å². The van der Waals surface area contributed by atoms with Crippen molar-refractivity contribution in [2.24, 2.45) is 5.92 Å². The summed E-state index contributed by atoms with van der Waals surface area (Å²) in [6.45, 7) is 2.23. The molecule has 4 heterocycles. The third-order valence-corrected chi connectivity index (χ3v) is 8.23. The molecule has 8 heteroatoms. The average Bonchev–Trinajstić information content (AvgIpc) is 3.61.